The maximum Gasteiger partial charge on any atom is 0.213 e. The van der Waals surface area contributed by atoms with Crippen molar-refractivity contribution in [2.75, 3.05) is 7.11 Å². The second-order valence-corrected chi connectivity index (χ2v) is 2.95. The molecule has 0 unspecified atom stereocenters. The number of ether oxygens (including phenoxy) is 1. The van der Waals surface area contributed by atoms with Crippen LogP contribution in [0.4, 0.5) is 0 Å². The molecule has 1 aromatic heterocycles. The third kappa shape index (κ3) is 1.44. The number of hydrogen-bond acceptors (Lipinski definition) is 3. The lowest BCUT2D eigenvalue weighted by molar-refractivity contribution is 0.112. The van der Waals surface area contributed by atoms with Gasteiger partial charge in [0.05, 0.1) is 7.11 Å². The molecule has 0 N–H and O–H groups in total. The Morgan fingerprint density at radius 3 is 2.86 bits per heavy atom. The van der Waals surface area contributed by atoms with Crippen molar-refractivity contribution in [3.63, 3.8) is 0 Å². The number of carbonyl (C=O) groups excluding carboxylic acids is 1. The maximum absolute atomic E-state index is 10.5. The molecule has 70 valence electrons. The maximum atomic E-state index is 10.5. The fraction of sp³-hybridized carbons (Fsp3) is 0.0909. The minimum atomic E-state index is 0.580. The van der Waals surface area contributed by atoms with E-state index in [1.165, 1.54) is 0 Å². The first-order valence-corrected chi connectivity index (χ1v) is 4.22. The number of methoxy groups -OCH3 is 1. The zero-order chi connectivity index (χ0) is 9.97. The highest BCUT2D eigenvalue weighted by molar-refractivity contribution is 5.88. The lowest BCUT2D eigenvalue weighted by Gasteiger charge is -2.01. The number of nitrogens with zero attached hydrogens (tertiary/aromatic N) is 1. The van der Waals surface area contributed by atoms with Crippen LogP contribution >= 0.6 is 0 Å². The van der Waals surface area contributed by atoms with Gasteiger partial charge >= 0.3 is 0 Å². The zero-order valence-electron chi connectivity index (χ0n) is 7.73. The average Bonchev–Trinajstić information content (AvgIpc) is 2.27. The molecule has 14 heavy (non-hydrogen) atoms. The predicted molar refractivity (Wildman–Crippen MR) is 53.7 cm³/mol. The summed E-state index contributed by atoms with van der Waals surface area (Å²) in [6.45, 7) is 0. The van der Waals surface area contributed by atoms with Crippen molar-refractivity contribution in [3.8, 4) is 5.88 Å². The topological polar surface area (TPSA) is 39.2 Å². The van der Waals surface area contributed by atoms with Crippen molar-refractivity contribution in [1.29, 1.82) is 0 Å². The molecule has 3 nitrogen and oxygen atoms in total. The van der Waals surface area contributed by atoms with Crippen LogP contribution in [0.5, 0.6) is 5.88 Å². The Balaban J connectivity index is 2.63. The van der Waals surface area contributed by atoms with Crippen LogP contribution in [0.25, 0.3) is 10.8 Å². The van der Waals surface area contributed by atoms with E-state index in [2.05, 4.69) is 4.98 Å². The van der Waals surface area contributed by atoms with Crippen LogP contribution in [-0.2, 0) is 0 Å². The molecule has 0 bridgehead atoms. The summed E-state index contributed by atoms with van der Waals surface area (Å²) in [6.07, 6.45) is 2.52. The quantitative estimate of drug-likeness (QED) is 0.675. The Labute approximate surface area is 81.3 Å². The second kappa shape index (κ2) is 3.46. The molecule has 0 radical (unpaired) electrons. The summed E-state index contributed by atoms with van der Waals surface area (Å²) in [5, 5.41) is 1.96. The Hall–Kier alpha value is -1.90. The van der Waals surface area contributed by atoms with Crippen LogP contribution < -0.4 is 4.74 Å². The van der Waals surface area contributed by atoms with E-state index in [1.54, 1.807) is 25.4 Å². The zero-order valence-corrected chi connectivity index (χ0v) is 7.73. The van der Waals surface area contributed by atoms with Crippen molar-refractivity contribution in [3.05, 3.63) is 36.0 Å². The minimum Gasteiger partial charge on any atom is -0.481 e. The first kappa shape index (κ1) is 8.69. The summed E-state index contributed by atoms with van der Waals surface area (Å²) in [5.74, 6) is 0.580. The van der Waals surface area contributed by atoms with Gasteiger partial charge in [-0.3, -0.25) is 4.79 Å². The summed E-state index contributed by atoms with van der Waals surface area (Å²) in [7, 11) is 1.58. The molecule has 0 spiro atoms. The minimum absolute atomic E-state index is 0.580. The molecule has 0 aliphatic carbocycles. The normalized spacial score (nSPS) is 10.1. The predicted octanol–water partition coefficient (Wildman–Crippen LogP) is 2.06. The first-order valence-electron chi connectivity index (χ1n) is 4.22. The summed E-state index contributed by atoms with van der Waals surface area (Å²) >= 11 is 0. The molecule has 0 saturated carbocycles. The van der Waals surface area contributed by atoms with Gasteiger partial charge in [0, 0.05) is 23.2 Å². The third-order valence-corrected chi connectivity index (χ3v) is 2.07. The van der Waals surface area contributed by atoms with Crippen molar-refractivity contribution >= 4 is 17.1 Å². The van der Waals surface area contributed by atoms with E-state index in [-0.39, 0.29) is 0 Å². The van der Waals surface area contributed by atoms with E-state index in [0.29, 0.717) is 11.4 Å². The van der Waals surface area contributed by atoms with Crippen LogP contribution in [-0.4, -0.2) is 18.4 Å². The number of pyridine rings is 1. The highest BCUT2D eigenvalue weighted by atomic mass is 16.5. The lowest BCUT2D eigenvalue weighted by atomic mass is 10.1. The SMILES string of the molecule is COc1cc2ccc(C=O)cc2cn1. The monoisotopic (exact) mass is 187 g/mol. The number of benzene rings is 1. The van der Waals surface area contributed by atoms with Gasteiger partial charge in [0.2, 0.25) is 5.88 Å². The molecule has 0 aliphatic heterocycles. The summed E-state index contributed by atoms with van der Waals surface area (Å²) < 4.78 is 5.00. The Morgan fingerprint density at radius 2 is 2.14 bits per heavy atom. The highest BCUT2D eigenvalue weighted by Crippen LogP contribution is 2.18. The Kier molecular flexibility index (Phi) is 2.14. The van der Waals surface area contributed by atoms with Gasteiger partial charge in [-0.05, 0) is 11.5 Å². The second-order valence-electron chi connectivity index (χ2n) is 2.95. The van der Waals surface area contributed by atoms with Crippen molar-refractivity contribution < 1.29 is 9.53 Å². The number of carbonyl (C=O) groups is 1. The first-order chi connectivity index (χ1) is 6.83. The fourth-order valence-electron chi connectivity index (χ4n) is 1.32. The van der Waals surface area contributed by atoms with E-state index in [0.717, 1.165) is 17.1 Å². The number of aldehydes is 1. The number of rotatable bonds is 2. The smallest absolute Gasteiger partial charge is 0.213 e. The van der Waals surface area contributed by atoms with Crippen LogP contribution in [0, 0.1) is 0 Å². The van der Waals surface area contributed by atoms with Gasteiger partial charge in [-0.2, -0.15) is 0 Å². The summed E-state index contributed by atoms with van der Waals surface area (Å²) in [4.78, 5) is 14.6. The van der Waals surface area contributed by atoms with Crippen molar-refractivity contribution in [1.82, 2.24) is 4.98 Å². The van der Waals surface area contributed by atoms with Crippen molar-refractivity contribution in [2.24, 2.45) is 0 Å². The van der Waals surface area contributed by atoms with Crippen LogP contribution in [0.3, 0.4) is 0 Å². The highest BCUT2D eigenvalue weighted by Gasteiger charge is 1.98. The molecular formula is C11H9NO2. The number of hydrogen-bond donors (Lipinski definition) is 0. The molecule has 0 amide bonds. The van der Waals surface area contributed by atoms with E-state index >= 15 is 0 Å². The molecule has 1 aromatic carbocycles. The molecule has 3 heteroatoms. The molecule has 2 aromatic rings. The number of fused-ring (bicyclic) bond motifs is 1. The molecular weight excluding hydrogens is 178 g/mol. The van der Waals surface area contributed by atoms with E-state index in [1.807, 2.05) is 12.1 Å². The summed E-state index contributed by atoms with van der Waals surface area (Å²) in [5.41, 5.74) is 0.657. The van der Waals surface area contributed by atoms with Gasteiger partial charge in [0.15, 0.2) is 0 Å². The Morgan fingerprint density at radius 1 is 1.29 bits per heavy atom. The van der Waals surface area contributed by atoms with Gasteiger partial charge in [-0.1, -0.05) is 12.1 Å². The fourth-order valence-corrected chi connectivity index (χ4v) is 1.32. The summed E-state index contributed by atoms with van der Waals surface area (Å²) in [6, 6.07) is 7.29. The number of aromatic nitrogens is 1. The third-order valence-electron chi connectivity index (χ3n) is 2.07. The van der Waals surface area contributed by atoms with E-state index < -0.39 is 0 Å². The van der Waals surface area contributed by atoms with Gasteiger partial charge in [-0.15, -0.1) is 0 Å². The van der Waals surface area contributed by atoms with Crippen LogP contribution in [0.2, 0.25) is 0 Å². The average molecular weight is 187 g/mol. The molecule has 2 rings (SSSR count). The van der Waals surface area contributed by atoms with Gasteiger partial charge in [-0.25, -0.2) is 4.98 Å². The molecule has 0 aliphatic rings. The van der Waals surface area contributed by atoms with Crippen LogP contribution in [0.15, 0.2) is 30.5 Å². The van der Waals surface area contributed by atoms with Crippen LogP contribution in [0.1, 0.15) is 10.4 Å². The van der Waals surface area contributed by atoms with Gasteiger partial charge in [0.25, 0.3) is 0 Å². The van der Waals surface area contributed by atoms with Gasteiger partial charge < -0.3 is 4.74 Å². The standard InChI is InChI=1S/C11H9NO2/c1-14-11-5-9-3-2-8(7-13)4-10(9)6-12-11/h2-7H,1H3. The molecule has 0 fully saturated rings. The lowest BCUT2D eigenvalue weighted by Crippen LogP contribution is -1.87. The molecule has 1 heterocycles. The van der Waals surface area contributed by atoms with Crippen molar-refractivity contribution in [2.45, 2.75) is 0 Å². The van der Waals surface area contributed by atoms with Gasteiger partial charge in [0.1, 0.15) is 6.29 Å². The largest absolute Gasteiger partial charge is 0.481 e. The Bertz CT molecular complexity index is 480. The van der Waals surface area contributed by atoms with E-state index in [4.69, 9.17) is 4.74 Å². The molecule has 0 saturated heterocycles. The van der Waals surface area contributed by atoms with E-state index in [9.17, 15) is 4.79 Å². The molecule has 0 atom stereocenters.